The molecule has 1 aliphatic heterocycles. The maximum absolute atomic E-state index is 12.2. The van der Waals surface area contributed by atoms with Crippen molar-refractivity contribution >= 4 is 29.1 Å². The number of aromatic nitrogens is 2. The van der Waals surface area contributed by atoms with E-state index in [0.717, 1.165) is 0 Å². The first-order valence-corrected chi connectivity index (χ1v) is 7.26. The molecule has 3 rings (SSSR count). The number of aryl methyl sites for hydroxylation is 1. The van der Waals surface area contributed by atoms with E-state index in [1.807, 2.05) is 12.1 Å². The number of anilines is 1. The Labute approximate surface area is 132 Å². The molecule has 2 amide bonds. The number of hydrogen-bond donors (Lipinski definition) is 1. The van der Waals surface area contributed by atoms with Crippen LogP contribution in [-0.4, -0.2) is 34.0 Å². The maximum Gasteiger partial charge on any atom is 0.269 e. The molecule has 1 saturated heterocycles. The number of nitrogens with one attached hydrogen (secondary N) is 1. The van der Waals surface area contributed by atoms with Gasteiger partial charge in [-0.15, -0.1) is 0 Å². The Morgan fingerprint density at radius 2 is 2.18 bits per heavy atom. The van der Waals surface area contributed by atoms with Gasteiger partial charge in [0.05, 0.1) is 29.3 Å². The Hall–Kier alpha value is -2.34. The van der Waals surface area contributed by atoms with Crippen LogP contribution < -0.4 is 10.2 Å². The molecule has 2 heterocycles. The van der Waals surface area contributed by atoms with E-state index in [-0.39, 0.29) is 24.3 Å². The van der Waals surface area contributed by atoms with Crippen molar-refractivity contribution in [1.82, 2.24) is 14.9 Å². The number of para-hydroxylation sites is 1. The van der Waals surface area contributed by atoms with Crippen molar-refractivity contribution in [2.75, 3.05) is 11.4 Å². The number of carbonyl (C=O) groups excluding carboxylic acids is 2. The standard InChI is InChI=1S/C15H15ClN4O2/c1-19-9-17-7-13(19)15(22)18-10-6-14(21)20(8-10)12-5-3-2-4-11(12)16/h2-5,7,9-10H,6,8H2,1H3,(H,18,22)/t10-/m0/s1. The molecule has 7 heteroatoms. The van der Waals surface area contributed by atoms with E-state index in [1.54, 1.807) is 35.0 Å². The topological polar surface area (TPSA) is 67.2 Å². The average molecular weight is 319 g/mol. The number of imidazole rings is 1. The molecule has 114 valence electrons. The lowest BCUT2D eigenvalue weighted by atomic mass is 10.2. The van der Waals surface area contributed by atoms with Crippen LogP contribution in [0, 0.1) is 0 Å². The molecule has 1 aromatic carbocycles. The van der Waals surface area contributed by atoms with Crippen LogP contribution in [0.5, 0.6) is 0 Å². The molecule has 1 aromatic heterocycles. The summed E-state index contributed by atoms with van der Waals surface area (Å²) >= 11 is 6.13. The first kappa shape index (κ1) is 14.6. The molecular weight excluding hydrogens is 304 g/mol. The molecule has 6 nitrogen and oxygen atoms in total. The molecule has 2 aromatic rings. The molecule has 1 fully saturated rings. The molecule has 1 aliphatic rings. The minimum absolute atomic E-state index is 0.0524. The van der Waals surface area contributed by atoms with Crippen LogP contribution in [0.15, 0.2) is 36.8 Å². The monoisotopic (exact) mass is 318 g/mol. The van der Waals surface area contributed by atoms with Crippen molar-refractivity contribution in [2.45, 2.75) is 12.5 Å². The third-order valence-corrected chi connectivity index (χ3v) is 3.97. The first-order chi connectivity index (χ1) is 10.6. The normalized spacial score (nSPS) is 17.8. The van der Waals surface area contributed by atoms with E-state index < -0.39 is 0 Å². The van der Waals surface area contributed by atoms with Crippen molar-refractivity contribution < 1.29 is 9.59 Å². The van der Waals surface area contributed by atoms with Gasteiger partial charge in [0.25, 0.3) is 5.91 Å². The largest absolute Gasteiger partial charge is 0.346 e. The summed E-state index contributed by atoms with van der Waals surface area (Å²) in [6.07, 6.45) is 3.32. The fourth-order valence-corrected chi connectivity index (χ4v) is 2.78. The van der Waals surface area contributed by atoms with E-state index in [1.165, 1.54) is 6.20 Å². The Balaban J connectivity index is 1.71. The van der Waals surface area contributed by atoms with Crippen molar-refractivity contribution in [3.63, 3.8) is 0 Å². The van der Waals surface area contributed by atoms with Gasteiger partial charge in [0.1, 0.15) is 5.69 Å². The summed E-state index contributed by atoms with van der Waals surface area (Å²) in [7, 11) is 1.75. The molecule has 1 atom stereocenters. The number of rotatable bonds is 3. The zero-order valence-electron chi connectivity index (χ0n) is 12.0. The summed E-state index contributed by atoms with van der Waals surface area (Å²) in [6.45, 7) is 0.409. The predicted molar refractivity (Wildman–Crippen MR) is 82.9 cm³/mol. The Morgan fingerprint density at radius 3 is 2.86 bits per heavy atom. The fraction of sp³-hybridized carbons (Fsp3) is 0.267. The summed E-state index contributed by atoms with van der Waals surface area (Å²) in [5, 5.41) is 3.39. The minimum Gasteiger partial charge on any atom is -0.346 e. The minimum atomic E-state index is -0.244. The zero-order valence-corrected chi connectivity index (χ0v) is 12.7. The summed E-state index contributed by atoms with van der Waals surface area (Å²) < 4.78 is 1.64. The van der Waals surface area contributed by atoms with Gasteiger partial charge in [-0.05, 0) is 12.1 Å². The predicted octanol–water partition coefficient (Wildman–Crippen LogP) is 1.61. The first-order valence-electron chi connectivity index (χ1n) is 6.88. The maximum atomic E-state index is 12.2. The van der Waals surface area contributed by atoms with Gasteiger partial charge in [-0.2, -0.15) is 0 Å². The van der Waals surface area contributed by atoms with E-state index in [2.05, 4.69) is 10.3 Å². The molecule has 1 N–H and O–H groups in total. The Kier molecular flexibility index (Phi) is 3.85. The lowest BCUT2D eigenvalue weighted by Crippen LogP contribution is -2.37. The van der Waals surface area contributed by atoms with Gasteiger partial charge >= 0.3 is 0 Å². The van der Waals surface area contributed by atoms with E-state index in [4.69, 9.17) is 11.6 Å². The highest BCUT2D eigenvalue weighted by Crippen LogP contribution is 2.29. The second-order valence-electron chi connectivity index (χ2n) is 5.22. The lowest BCUT2D eigenvalue weighted by Gasteiger charge is -2.18. The SMILES string of the molecule is Cn1cncc1C(=O)N[C@H]1CC(=O)N(c2ccccc2Cl)C1. The fourth-order valence-electron chi connectivity index (χ4n) is 2.54. The summed E-state index contributed by atoms with van der Waals surface area (Å²) in [5.41, 5.74) is 1.13. The van der Waals surface area contributed by atoms with Crippen LogP contribution in [0.3, 0.4) is 0 Å². The smallest absolute Gasteiger partial charge is 0.269 e. The van der Waals surface area contributed by atoms with E-state index >= 15 is 0 Å². The number of amides is 2. The van der Waals surface area contributed by atoms with Crippen LogP contribution in [0.4, 0.5) is 5.69 Å². The van der Waals surface area contributed by atoms with Crippen LogP contribution in [0.25, 0.3) is 0 Å². The van der Waals surface area contributed by atoms with Gasteiger partial charge in [0.2, 0.25) is 5.91 Å². The Morgan fingerprint density at radius 1 is 1.41 bits per heavy atom. The van der Waals surface area contributed by atoms with Crippen molar-refractivity contribution in [1.29, 1.82) is 0 Å². The third kappa shape index (κ3) is 2.69. The molecule has 0 aliphatic carbocycles. The molecular formula is C15H15ClN4O2. The average Bonchev–Trinajstić information content (AvgIpc) is 3.05. The molecule has 0 spiro atoms. The van der Waals surface area contributed by atoms with Crippen molar-refractivity contribution in [2.24, 2.45) is 7.05 Å². The number of benzene rings is 1. The van der Waals surface area contributed by atoms with Gasteiger partial charge in [-0.3, -0.25) is 9.59 Å². The summed E-state index contributed by atoms with van der Waals surface area (Å²) in [6, 6.07) is 6.94. The van der Waals surface area contributed by atoms with Gasteiger partial charge in [-0.1, -0.05) is 23.7 Å². The van der Waals surface area contributed by atoms with Gasteiger partial charge in [0.15, 0.2) is 0 Å². The lowest BCUT2D eigenvalue weighted by molar-refractivity contribution is -0.117. The van der Waals surface area contributed by atoms with E-state index in [9.17, 15) is 9.59 Å². The Bertz CT molecular complexity index is 728. The molecule has 0 unspecified atom stereocenters. The van der Waals surface area contributed by atoms with Gasteiger partial charge in [-0.25, -0.2) is 4.98 Å². The highest BCUT2D eigenvalue weighted by atomic mass is 35.5. The zero-order chi connectivity index (χ0) is 15.7. The number of hydrogen-bond acceptors (Lipinski definition) is 3. The van der Waals surface area contributed by atoms with Gasteiger partial charge < -0.3 is 14.8 Å². The number of nitrogens with zero attached hydrogens (tertiary/aromatic N) is 3. The molecule has 22 heavy (non-hydrogen) atoms. The highest BCUT2D eigenvalue weighted by Gasteiger charge is 2.32. The van der Waals surface area contributed by atoms with Crippen LogP contribution >= 0.6 is 11.6 Å². The van der Waals surface area contributed by atoms with Gasteiger partial charge in [0, 0.05) is 20.0 Å². The number of carbonyl (C=O) groups is 2. The highest BCUT2D eigenvalue weighted by molar-refractivity contribution is 6.33. The van der Waals surface area contributed by atoms with Crippen molar-refractivity contribution in [3.8, 4) is 0 Å². The van der Waals surface area contributed by atoms with Crippen LogP contribution in [-0.2, 0) is 11.8 Å². The molecule has 0 radical (unpaired) electrons. The van der Waals surface area contributed by atoms with Crippen LogP contribution in [0.2, 0.25) is 5.02 Å². The molecule has 0 bridgehead atoms. The summed E-state index contributed by atoms with van der Waals surface area (Å²) in [4.78, 5) is 29.9. The van der Waals surface area contributed by atoms with Crippen molar-refractivity contribution in [3.05, 3.63) is 47.5 Å². The quantitative estimate of drug-likeness (QED) is 0.935. The second kappa shape index (κ2) is 5.81. The summed E-state index contributed by atoms with van der Waals surface area (Å²) in [5.74, 6) is -0.290. The molecule has 0 saturated carbocycles. The van der Waals surface area contributed by atoms with Crippen LogP contribution in [0.1, 0.15) is 16.9 Å². The van der Waals surface area contributed by atoms with E-state index in [0.29, 0.717) is 22.9 Å². The third-order valence-electron chi connectivity index (χ3n) is 3.65. The second-order valence-corrected chi connectivity index (χ2v) is 5.63. The number of halogens is 1.